The molecule has 4 rings (SSSR count). The molecule has 10 heteroatoms. The highest BCUT2D eigenvalue weighted by Crippen LogP contribution is 2.37. The minimum atomic E-state index is -0.399. The quantitative estimate of drug-likeness (QED) is 0.388. The van der Waals surface area contributed by atoms with Crippen LogP contribution in [0.5, 0.6) is 0 Å². The van der Waals surface area contributed by atoms with Crippen molar-refractivity contribution in [1.82, 2.24) is 15.0 Å². The standard InChI is InChI=1S/C22H20Cl2N4O4/c1-14-19(21(25-32-14)20-17(23)6-3-7-18(20)24)22(29)27-10-8-26(9-11-27)13-15-4-2-5-16(12-15)28(30)31/h2-7,12H,8-11,13H2,1H3. The fourth-order valence-electron chi connectivity index (χ4n) is 3.81. The van der Waals surface area contributed by atoms with Gasteiger partial charge in [-0.25, -0.2) is 0 Å². The number of rotatable bonds is 5. The van der Waals surface area contributed by atoms with E-state index in [1.165, 1.54) is 6.07 Å². The number of nitrogens with zero attached hydrogens (tertiary/aromatic N) is 4. The third-order valence-corrected chi connectivity index (χ3v) is 6.09. The van der Waals surface area contributed by atoms with Gasteiger partial charge in [-0.2, -0.15) is 0 Å². The lowest BCUT2D eigenvalue weighted by Crippen LogP contribution is -2.48. The summed E-state index contributed by atoms with van der Waals surface area (Å²) in [5.74, 6) is 0.213. The van der Waals surface area contributed by atoms with E-state index in [0.29, 0.717) is 65.4 Å². The van der Waals surface area contributed by atoms with Crippen molar-refractivity contribution < 1.29 is 14.2 Å². The lowest BCUT2D eigenvalue weighted by Gasteiger charge is -2.34. The van der Waals surface area contributed by atoms with Gasteiger partial charge in [-0.05, 0) is 24.6 Å². The van der Waals surface area contributed by atoms with Gasteiger partial charge in [0.15, 0.2) is 0 Å². The minimum Gasteiger partial charge on any atom is -0.360 e. The number of piperazine rings is 1. The van der Waals surface area contributed by atoms with Crippen molar-refractivity contribution in [3.63, 3.8) is 0 Å². The summed E-state index contributed by atoms with van der Waals surface area (Å²) >= 11 is 12.6. The molecular formula is C22H20Cl2N4O4. The van der Waals surface area contributed by atoms with Crippen LogP contribution >= 0.6 is 23.2 Å². The Morgan fingerprint density at radius 2 is 1.78 bits per heavy atom. The first kappa shape index (κ1) is 22.3. The van der Waals surface area contributed by atoms with Crippen molar-refractivity contribution in [3.8, 4) is 11.3 Å². The first-order chi connectivity index (χ1) is 15.3. The third kappa shape index (κ3) is 4.48. The zero-order chi connectivity index (χ0) is 22.8. The fourth-order valence-corrected chi connectivity index (χ4v) is 4.39. The van der Waals surface area contributed by atoms with Gasteiger partial charge in [-0.1, -0.05) is 46.6 Å². The number of non-ortho nitro benzene ring substituents is 1. The molecule has 166 valence electrons. The second kappa shape index (κ2) is 9.28. The molecule has 3 aromatic rings. The van der Waals surface area contributed by atoms with Gasteiger partial charge in [0.1, 0.15) is 17.0 Å². The number of amides is 1. The van der Waals surface area contributed by atoms with Crippen molar-refractivity contribution in [2.24, 2.45) is 0 Å². The Morgan fingerprint density at radius 1 is 1.12 bits per heavy atom. The highest BCUT2D eigenvalue weighted by atomic mass is 35.5. The molecule has 1 aromatic heterocycles. The van der Waals surface area contributed by atoms with Gasteiger partial charge >= 0.3 is 0 Å². The van der Waals surface area contributed by atoms with Crippen LogP contribution in [0.2, 0.25) is 10.0 Å². The monoisotopic (exact) mass is 474 g/mol. The molecule has 8 nitrogen and oxygen atoms in total. The molecule has 1 aliphatic heterocycles. The van der Waals surface area contributed by atoms with Gasteiger partial charge in [-0.15, -0.1) is 0 Å². The molecule has 1 saturated heterocycles. The average Bonchev–Trinajstić information content (AvgIpc) is 3.15. The summed E-state index contributed by atoms with van der Waals surface area (Å²) in [7, 11) is 0. The van der Waals surface area contributed by atoms with Crippen LogP contribution in [0.1, 0.15) is 21.7 Å². The topological polar surface area (TPSA) is 92.7 Å². The molecule has 0 atom stereocenters. The number of carbonyl (C=O) groups is 1. The predicted molar refractivity (Wildman–Crippen MR) is 121 cm³/mol. The van der Waals surface area contributed by atoms with Gasteiger partial charge in [0.2, 0.25) is 0 Å². The number of nitro benzene ring substituents is 1. The molecule has 2 heterocycles. The van der Waals surface area contributed by atoms with Crippen molar-refractivity contribution in [2.75, 3.05) is 26.2 Å². The van der Waals surface area contributed by atoms with Crippen molar-refractivity contribution in [1.29, 1.82) is 0 Å². The first-order valence-electron chi connectivity index (χ1n) is 10.0. The SMILES string of the molecule is Cc1onc(-c2c(Cl)cccc2Cl)c1C(=O)N1CCN(Cc2cccc([N+](=O)[O-])c2)CC1. The number of hydrogen-bond acceptors (Lipinski definition) is 6. The lowest BCUT2D eigenvalue weighted by atomic mass is 10.0. The second-order valence-corrected chi connectivity index (χ2v) is 8.37. The molecule has 0 unspecified atom stereocenters. The van der Waals surface area contributed by atoms with Crippen LogP contribution in [0.25, 0.3) is 11.3 Å². The van der Waals surface area contributed by atoms with E-state index < -0.39 is 4.92 Å². The predicted octanol–water partition coefficient (Wildman–Crippen LogP) is 4.82. The number of aromatic nitrogens is 1. The van der Waals surface area contributed by atoms with Crippen molar-refractivity contribution >= 4 is 34.8 Å². The molecule has 0 bridgehead atoms. The maximum atomic E-state index is 13.3. The number of halogens is 2. The van der Waals surface area contributed by atoms with Crippen LogP contribution in [-0.4, -0.2) is 52.0 Å². The summed E-state index contributed by atoms with van der Waals surface area (Å²) in [5, 5.41) is 15.8. The normalized spacial score (nSPS) is 14.5. The Bertz CT molecular complexity index is 1150. The first-order valence-corrected chi connectivity index (χ1v) is 10.8. The lowest BCUT2D eigenvalue weighted by molar-refractivity contribution is -0.384. The summed E-state index contributed by atoms with van der Waals surface area (Å²) < 4.78 is 5.32. The highest BCUT2D eigenvalue weighted by molar-refractivity contribution is 6.39. The maximum absolute atomic E-state index is 13.3. The van der Waals surface area contributed by atoms with Gasteiger partial charge in [0.25, 0.3) is 11.6 Å². The zero-order valence-corrected chi connectivity index (χ0v) is 18.8. The molecular weight excluding hydrogens is 455 g/mol. The molecule has 1 aliphatic rings. The van der Waals surface area contributed by atoms with E-state index in [1.54, 1.807) is 42.2 Å². The van der Waals surface area contributed by atoms with E-state index in [2.05, 4.69) is 10.1 Å². The summed E-state index contributed by atoms with van der Waals surface area (Å²) in [6.45, 7) is 4.56. The number of carbonyl (C=O) groups excluding carboxylic acids is 1. The maximum Gasteiger partial charge on any atom is 0.269 e. The van der Waals surface area contributed by atoms with E-state index in [0.717, 1.165) is 5.56 Å². The van der Waals surface area contributed by atoms with E-state index >= 15 is 0 Å². The Hall–Kier alpha value is -2.94. The Balaban J connectivity index is 1.47. The average molecular weight is 475 g/mol. The van der Waals surface area contributed by atoms with E-state index in [4.69, 9.17) is 27.7 Å². The summed E-state index contributed by atoms with van der Waals surface area (Å²) in [4.78, 5) is 27.8. The highest BCUT2D eigenvalue weighted by Gasteiger charge is 2.30. The van der Waals surface area contributed by atoms with Gasteiger partial charge in [0.05, 0.1) is 15.0 Å². The summed E-state index contributed by atoms with van der Waals surface area (Å²) in [6.07, 6.45) is 0. The fraction of sp³-hybridized carbons (Fsp3) is 0.273. The number of aryl methyl sites for hydroxylation is 1. The third-order valence-electron chi connectivity index (χ3n) is 5.46. The van der Waals surface area contributed by atoms with Crippen molar-refractivity contribution in [3.05, 3.63) is 79.5 Å². The summed E-state index contributed by atoms with van der Waals surface area (Å²) in [5.41, 5.74) is 2.10. The number of hydrogen-bond donors (Lipinski definition) is 0. The van der Waals surface area contributed by atoms with Crippen LogP contribution < -0.4 is 0 Å². The number of nitro groups is 1. The van der Waals surface area contributed by atoms with Gasteiger partial charge in [0, 0.05) is 50.4 Å². The molecule has 0 N–H and O–H groups in total. The second-order valence-electron chi connectivity index (χ2n) is 7.55. The minimum absolute atomic E-state index is 0.0741. The van der Waals surface area contributed by atoms with Gasteiger partial charge in [-0.3, -0.25) is 19.8 Å². The molecule has 2 aromatic carbocycles. The van der Waals surface area contributed by atoms with Crippen molar-refractivity contribution in [2.45, 2.75) is 13.5 Å². The molecule has 1 fully saturated rings. The van der Waals surface area contributed by atoms with E-state index in [-0.39, 0.29) is 11.6 Å². The largest absolute Gasteiger partial charge is 0.360 e. The summed E-state index contributed by atoms with van der Waals surface area (Å²) in [6, 6.07) is 11.7. The van der Waals surface area contributed by atoms with Crippen LogP contribution in [-0.2, 0) is 6.54 Å². The molecule has 1 amide bonds. The molecule has 0 radical (unpaired) electrons. The number of benzene rings is 2. The molecule has 0 saturated carbocycles. The van der Waals surface area contributed by atoms with Crippen LogP contribution in [0.3, 0.4) is 0 Å². The molecule has 32 heavy (non-hydrogen) atoms. The zero-order valence-electron chi connectivity index (χ0n) is 17.3. The molecule has 0 aliphatic carbocycles. The van der Waals surface area contributed by atoms with E-state index in [9.17, 15) is 14.9 Å². The smallest absolute Gasteiger partial charge is 0.269 e. The Labute approximate surface area is 194 Å². The Morgan fingerprint density at radius 3 is 2.44 bits per heavy atom. The Kier molecular flexibility index (Phi) is 6.45. The van der Waals surface area contributed by atoms with Crippen LogP contribution in [0, 0.1) is 17.0 Å². The van der Waals surface area contributed by atoms with Crippen LogP contribution in [0.4, 0.5) is 5.69 Å². The molecule has 0 spiro atoms. The van der Waals surface area contributed by atoms with Crippen LogP contribution in [0.15, 0.2) is 47.0 Å². The van der Waals surface area contributed by atoms with E-state index in [1.807, 2.05) is 6.07 Å². The van der Waals surface area contributed by atoms with Gasteiger partial charge < -0.3 is 9.42 Å².